The van der Waals surface area contributed by atoms with Crippen LogP contribution in [0.25, 0.3) is 6.08 Å². The molecule has 0 aliphatic carbocycles. The Morgan fingerprint density at radius 1 is 0.808 bits per heavy atom. The normalized spacial score (nSPS) is 11.0. The van der Waals surface area contributed by atoms with Gasteiger partial charge in [0.05, 0.1) is 0 Å². The van der Waals surface area contributed by atoms with Crippen LogP contribution in [0.2, 0.25) is 0 Å². The minimum absolute atomic E-state index is 0.600. The van der Waals surface area contributed by atoms with Gasteiger partial charge in [0.25, 0.3) is 0 Å². The Balaban J connectivity index is 1.82. The molecule has 0 heterocycles. The lowest BCUT2D eigenvalue weighted by Crippen LogP contribution is -1.92. The Morgan fingerprint density at radius 3 is 2.15 bits per heavy atom. The summed E-state index contributed by atoms with van der Waals surface area (Å²) in [5, 5.41) is 0. The van der Waals surface area contributed by atoms with Crippen LogP contribution in [0.3, 0.4) is 0 Å². The number of rotatable bonds is 4. The second-order valence-electron chi connectivity index (χ2n) is 5.83. The lowest BCUT2D eigenvalue weighted by molar-refractivity contribution is 0.450. The Labute approximate surface area is 155 Å². The van der Waals surface area contributed by atoms with E-state index in [9.17, 15) is 0 Å². The molecule has 1 nitrogen and oxygen atoms in total. The molecule has 0 unspecified atom stereocenters. The SMILES string of the molecule is Cc1ccc(/C=C/C=C(/C#Cc2ccccc2)Oc2ccccc2)cc1. The predicted octanol–water partition coefficient (Wildman–Crippen LogP) is 6.02. The maximum atomic E-state index is 5.93. The third kappa shape index (κ3) is 5.54. The smallest absolute Gasteiger partial charge is 0.177 e. The van der Waals surface area contributed by atoms with Crippen LogP contribution < -0.4 is 4.74 Å². The second-order valence-corrected chi connectivity index (χ2v) is 5.83. The van der Waals surface area contributed by atoms with Crippen LogP contribution in [0.15, 0.2) is 103 Å². The predicted molar refractivity (Wildman–Crippen MR) is 109 cm³/mol. The van der Waals surface area contributed by atoms with Crippen LogP contribution in [0.5, 0.6) is 5.75 Å². The van der Waals surface area contributed by atoms with Crippen molar-refractivity contribution in [1.29, 1.82) is 0 Å². The van der Waals surface area contributed by atoms with Gasteiger partial charge < -0.3 is 4.74 Å². The molecule has 0 spiro atoms. The monoisotopic (exact) mass is 336 g/mol. The van der Waals surface area contributed by atoms with Crippen LogP contribution in [0.1, 0.15) is 16.7 Å². The number of para-hydroxylation sites is 1. The van der Waals surface area contributed by atoms with Gasteiger partial charge in [0.2, 0.25) is 0 Å². The Morgan fingerprint density at radius 2 is 1.46 bits per heavy atom. The molecule has 0 atom stereocenters. The first-order valence-corrected chi connectivity index (χ1v) is 8.54. The minimum Gasteiger partial charge on any atom is -0.448 e. The molecule has 126 valence electrons. The van der Waals surface area contributed by atoms with Crippen LogP contribution in [-0.4, -0.2) is 0 Å². The Bertz CT molecular complexity index is 938. The lowest BCUT2D eigenvalue weighted by Gasteiger charge is -2.03. The zero-order valence-corrected chi connectivity index (χ0v) is 14.7. The molecule has 3 rings (SSSR count). The average Bonchev–Trinajstić information content (AvgIpc) is 2.69. The number of benzene rings is 3. The third-order valence-electron chi connectivity index (χ3n) is 3.69. The Hall–Kier alpha value is -3.50. The fourth-order valence-electron chi connectivity index (χ4n) is 2.30. The van der Waals surface area contributed by atoms with Crippen molar-refractivity contribution in [3.8, 4) is 17.6 Å². The van der Waals surface area contributed by atoms with Crippen LogP contribution in [-0.2, 0) is 0 Å². The molecule has 26 heavy (non-hydrogen) atoms. The molecule has 0 fully saturated rings. The van der Waals surface area contributed by atoms with Crippen molar-refractivity contribution in [1.82, 2.24) is 0 Å². The Kier molecular flexibility index (Phi) is 6.07. The highest BCUT2D eigenvalue weighted by atomic mass is 16.5. The van der Waals surface area contributed by atoms with E-state index < -0.39 is 0 Å². The molecular formula is C25H20O. The van der Waals surface area contributed by atoms with Gasteiger partial charge >= 0.3 is 0 Å². The van der Waals surface area contributed by atoms with E-state index in [4.69, 9.17) is 4.74 Å². The van der Waals surface area contributed by atoms with E-state index in [1.807, 2.05) is 78.9 Å². The summed E-state index contributed by atoms with van der Waals surface area (Å²) >= 11 is 0. The summed E-state index contributed by atoms with van der Waals surface area (Å²) in [6, 6.07) is 28.0. The van der Waals surface area contributed by atoms with E-state index in [0.29, 0.717) is 5.76 Å². The molecule has 3 aromatic carbocycles. The summed E-state index contributed by atoms with van der Waals surface area (Å²) < 4.78 is 5.93. The highest BCUT2D eigenvalue weighted by molar-refractivity contribution is 5.52. The van der Waals surface area contributed by atoms with E-state index in [0.717, 1.165) is 16.9 Å². The van der Waals surface area contributed by atoms with Gasteiger partial charge in [0.15, 0.2) is 5.76 Å². The molecule has 0 amide bonds. The standard InChI is InChI=1S/C25H20O/c1-21-15-17-23(18-16-21)11-8-14-25(26-24-12-6-3-7-13-24)20-19-22-9-4-2-5-10-22/h2-18H,1H3/b11-8+,25-14-. The average molecular weight is 336 g/mol. The molecule has 0 N–H and O–H groups in total. The first-order valence-electron chi connectivity index (χ1n) is 8.54. The highest BCUT2D eigenvalue weighted by Gasteiger charge is 1.96. The van der Waals surface area contributed by atoms with Crippen molar-refractivity contribution >= 4 is 6.08 Å². The molecule has 3 aromatic rings. The first kappa shape index (κ1) is 17.3. The number of aryl methyl sites for hydroxylation is 1. The maximum absolute atomic E-state index is 5.93. The van der Waals surface area contributed by atoms with E-state index in [-0.39, 0.29) is 0 Å². The molecule has 0 bridgehead atoms. The van der Waals surface area contributed by atoms with E-state index >= 15 is 0 Å². The molecule has 1 heteroatoms. The van der Waals surface area contributed by atoms with E-state index in [1.165, 1.54) is 5.56 Å². The zero-order valence-electron chi connectivity index (χ0n) is 14.7. The summed E-state index contributed by atoms with van der Waals surface area (Å²) in [4.78, 5) is 0. The highest BCUT2D eigenvalue weighted by Crippen LogP contribution is 2.13. The van der Waals surface area contributed by atoms with Crippen LogP contribution >= 0.6 is 0 Å². The van der Waals surface area contributed by atoms with Crippen LogP contribution in [0, 0.1) is 18.8 Å². The quantitative estimate of drug-likeness (QED) is 0.321. The number of allylic oxidation sites excluding steroid dienone is 3. The van der Waals surface area contributed by atoms with Crippen molar-refractivity contribution in [2.75, 3.05) is 0 Å². The molecule has 0 aromatic heterocycles. The van der Waals surface area contributed by atoms with Crippen molar-refractivity contribution in [3.63, 3.8) is 0 Å². The van der Waals surface area contributed by atoms with Crippen LogP contribution in [0.4, 0.5) is 0 Å². The number of hydrogen-bond donors (Lipinski definition) is 0. The number of ether oxygens (including phenoxy) is 1. The topological polar surface area (TPSA) is 9.23 Å². The summed E-state index contributed by atoms with van der Waals surface area (Å²) in [5.74, 6) is 7.63. The fraction of sp³-hybridized carbons (Fsp3) is 0.0400. The minimum atomic E-state index is 0.600. The molecule has 0 saturated carbocycles. The van der Waals surface area contributed by atoms with Gasteiger partial charge in [-0.3, -0.25) is 0 Å². The first-order chi connectivity index (χ1) is 12.8. The zero-order chi connectivity index (χ0) is 18.0. The molecular weight excluding hydrogens is 316 g/mol. The maximum Gasteiger partial charge on any atom is 0.177 e. The van der Waals surface area contributed by atoms with E-state index in [2.05, 4.69) is 43.0 Å². The van der Waals surface area contributed by atoms with E-state index in [1.54, 1.807) is 0 Å². The summed E-state index contributed by atoms with van der Waals surface area (Å²) in [7, 11) is 0. The van der Waals surface area contributed by atoms with Gasteiger partial charge in [-0.25, -0.2) is 0 Å². The van der Waals surface area contributed by atoms with Gasteiger partial charge in [0, 0.05) is 5.56 Å². The van der Waals surface area contributed by atoms with Gasteiger partial charge in [-0.1, -0.05) is 84.3 Å². The molecule has 0 saturated heterocycles. The summed E-state index contributed by atoms with van der Waals surface area (Å²) in [6.07, 6.45) is 5.89. The van der Waals surface area contributed by atoms with Gasteiger partial charge in [0.1, 0.15) is 5.75 Å². The molecule has 0 radical (unpaired) electrons. The number of hydrogen-bond acceptors (Lipinski definition) is 1. The van der Waals surface area contributed by atoms with Gasteiger partial charge in [-0.15, -0.1) is 0 Å². The second kappa shape index (κ2) is 9.11. The van der Waals surface area contributed by atoms with Gasteiger partial charge in [-0.05, 0) is 48.7 Å². The fourth-order valence-corrected chi connectivity index (χ4v) is 2.30. The van der Waals surface area contributed by atoms with Crippen molar-refractivity contribution < 1.29 is 4.74 Å². The van der Waals surface area contributed by atoms with Gasteiger partial charge in [-0.2, -0.15) is 0 Å². The van der Waals surface area contributed by atoms with Crippen molar-refractivity contribution in [2.24, 2.45) is 0 Å². The molecule has 0 aliphatic rings. The van der Waals surface area contributed by atoms with Crippen molar-refractivity contribution in [2.45, 2.75) is 6.92 Å². The molecule has 0 aliphatic heterocycles. The largest absolute Gasteiger partial charge is 0.448 e. The third-order valence-corrected chi connectivity index (χ3v) is 3.69. The summed E-state index contributed by atoms with van der Waals surface area (Å²) in [6.45, 7) is 2.08. The lowest BCUT2D eigenvalue weighted by atomic mass is 10.1. The van der Waals surface area contributed by atoms with Crippen molar-refractivity contribution in [3.05, 3.63) is 120 Å². The summed E-state index contributed by atoms with van der Waals surface area (Å²) in [5.41, 5.74) is 3.35.